The van der Waals surface area contributed by atoms with Gasteiger partial charge in [0.25, 0.3) is 0 Å². The SMILES string of the molecule is NCCOC(=O)[C@](O)(c1ccccc1)[C@@H]1CCC(F)(F)C1. The van der Waals surface area contributed by atoms with Gasteiger partial charge in [-0.3, -0.25) is 0 Å². The van der Waals surface area contributed by atoms with Gasteiger partial charge in [0.1, 0.15) is 6.61 Å². The number of ether oxygens (including phenoxy) is 1. The fourth-order valence-corrected chi connectivity index (χ4v) is 2.78. The van der Waals surface area contributed by atoms with Gasteiger partial charge in [0, 0.05) is 25.3 Å². The Hall–Kier alpha value is -1.53. The summed E-state index contributed by atoms with van der Waals surface area (Å²) in [6, 6.07) is 8.09. The third kappa shape index (κ3) is 3.22. The molecule has 21 heavy (non-hydrogen) atoms. The first-order valence-electron chi connectivity index (χ1n) is 6.93. The molecule has 4 nitrogen and oxygen atoms in total. The Bertz CT molecular complexity index is 495. The number of carbonyl (C=O) groups is 1. The quantitative estimate of drug-likeness (QED) is 0.813. The van der Waals surface area contributed by atoms with Crippen molar-refractivity contribution in [1.82, 2.24) is 0 Å². The molecule has 6 heteroatoms. The topological polar surface area (TPSA) is 72.5 Å². The summed E-state index contributed by atoms with van der Waals surface area (Å²) in [7, 11) is 0. The first-order valence-corrected chi connectivity index (χ1v) is 6.93. The lowest BCUT2D eigenvalue weighted by atomic mass is 9.80. The van der Waals surface area contributed by atoms with Crippen LogP contribution in [-0.2, 0) is 15.1 Å². The van der Waals surface area contributed by atoms with Gasteiger partial charge in [0.15, 0.2) is 5.60 Å². The van der Waals surface area contributed by atoms with Crippen molar-refractivity contribution in [2.75, 3.05) is 13.2 Å². The summed E-state index contributed by atoms with van der Waals surface area (Å²) in [6.45, 7) is 0.0501. The monoisotopic (exact) mass is 299 g/mol. The molecule has 1 aromatic rings. The highest BCUT2D eigenvalue weighted by Crippen LogP contribution is 2.47. The van der Waals surface area contributed by atoms with Crippen molar-refractivity contribution in [3.8, 4) is 0 Å². The molecule has 0 bridgehead atoms. The minimum atomic E-state index is -2.86. The van der Waals surface area contributed by atoms with E-state index in [1.54, 1.807) is 30.3 Å². The lowest BCUT2D eigenvalue weighted by Gasteiger charge is -2.32. The van der Waals surface area contributed by atoms with Gasteiger partial charge in [-0.2, -0.15) is 0 Å². The Kier molecular flexibility index (Phi) is 4.58. The van der Waals surface area contributed by atoms with E-state index in [0.717, 1.165) is 0 Å². The fraction of sp³-hybridized carbons (Fsp3) is 0.533. The number of hydrogen-bond donors (Lipinski definition) is 2. The molecular formula is C15H19F2NO3. The fourth-order valence-electron chi connectivity index (χ4n) is 2.78. The summed E-state index contributed by atoms with van der Waals surface area (Å²) >= 11 is 0. The number of aliphatic hydroxyl groups is 1. The molecule has 0 amide bonds. The van der Waals surface area contributed by atoms with Crippen LogP contribution in [0, 0.1) is 5.92 Å². The van der Waals surface area contributed by atoms with Gasteiger partial charge in [-0.15, -0.1) is 0 Å². The highest BCUT2D eigenvalue weighted by molar-refractivity contribution is 5.81. The minimum Gasteiger partial charge on any atom is -0.462 e. The molecule has 0 heterocycles. The summed E-state index contributed by atoms with van der Waals surface area (Å²) in [6.07, 6.45) is -0.802. The summed E-state index contributed by atoms with van der Waals surface area (Å²) in [5.74, 6) is -4.65. The first kappa shape index (κ1) is 15.9. The van der Waals surface area contributed by atoms with Crippen LogP contribution in [-0.4, -0.2) is 30.2 Å². The Labute approximate surface area is 121 Å². The second-order valence-corrected chi connectivity index (χ2v) is 5.35. The van der Waals surface area contributed by atoms with E-state index >= 15 is 0 Å². The van der Waals surface area contributed by atoms with Crippen molar-refractivity contribution in [2.45, 2.75) is 30.8 Å². The Morgan fingerprint density at radius 3 is 2.62 bits per heavy atom. The van der Waals surface area contributed by atoms with Gasteiger partial charge in [-0.25, -0.2) is 13.6 Å². The number of nitrogens with two attached hydrogens (primary N) is 1. The smallest absolute Gasteiger partial charge is 0.343 e. The number of benzene rings is 1. The van der Waals surface area contributed by atoms with E-state index in [1.165, 1.54) is 0 Å². The summed E-state index contributed by atoms with van der Waals surface area (Å²) in [5, 5.41) is 10.9. The van der Waals surface area contributed by atoms with E-state index in [-0.39, 0.29) is 31.6 Å². The summed E-state index contributed by atoms with van der Waals surface area (Å²) < 4.78 is 31.9. The van der Waals surface area contributed by atoms with Crippen LogP contribution < -0.4 is 5.73 Å². The van der Waals surface area contributed by atoms with Crippen LogP contribution in [0.1, 0.15) is 24.8 Å². The lowest BCUT2D eigenvalue weighted by molar-refractivity contribution is -0.174. The third-order valence-corrected chi connectivity index (χ3v) is 3.87. The number of halogens is 2. The molecule has 0 radical (unpaired) electrons. The van der Waals surface area contributed by atoms with Crippen LogP contribution in [0.3, 0.4) is 0 Å². The van der Waals surface area contributed by atoms with Crippen LogP contribution in [0.15, 0.2) is 30.3 Å². The lowest BCUT2D eigenvalue weighted by Crippen LogP contribution is -2.44. The van der Waals surface area contributed by atoms with Gasteiger partial charge in [-0.1, -0.05) is 30.3 Å². The second kappa shape index (κ2) is 6.07. The van der Waals surface area contributed by atoms with E-state index in [9.17, 15) is 18.7 Å². The molecule has 0 saturated heterocycles. The molecule has 1 aliphatic rings. The van der Waals surface area contributed by atoms with Crippen molar-refractivity contribution in [3.05, 3.63) is 35.9 Å². The van der Waals surface area contributed by atoms with Crippen LogP contribution in [0.25, 0.3) is 0 Å². The standard InChI is InChI=1S/C15H19F2NO3/c16-14(17)7-6-12(10-14)15(20,13(19)21-9-8-18)11-4-2-1-3-5-11/h1-5,12,20H,6-10,18H2/t12-,15+/m1/s1. The van der Waals surface area contributed by atoms with Crippen LogP contribution in [0.5, 0.6) is 0 Å². The average molecular weight is 299 g/mol. The molecule has 3 N–H and O–H groups in total. The van der Waals surface area contributed by atoms with Crippen LogP contribution >= 0.6 is 0 Å². The molecule has 0 spiro atoms. The zero-order chi connectivity index (χ0) is 15.5. The summed E-state index contributed by atoms with van der Waals surface area (Å²) in [4.78, 5) is 12.2. The number of esters is 1. The molecule has 0 unspecified atom stereocenters. The molecular weight excluding hydrogens is 280 g/mol. The van der Waals surface area contributed by atoms with Crippen molar-refractivity contribution in [3.63, 3.8) is 0 Å². The van der Waals surface area contributed by atoms with Crippen molar-refractivity contribution >= 4 is 5.97 Å². The van der Waals surface area contributed by atoms with E-state index in [4.69, 9.17) is 10.5 Å². The maximum Gasteiger partial charge on any atom is 0.343 e. The largest absolute Gasteiger partial charge is 0.462 e. The zero-order valence-electron chi connectivity index (χ0n) is 11.6. The van der Waals surface area contributed by atoms with Crippen molar-refractivity contribution in [1.29, 1.82) is 0 Å². The maximum atomic E-state index is 13.5. The molecule has 1 aliphatic carbocycles. The molecule has 1 saturated carbocycles. The van der Waals surface area contributed by atoms with Crippen LogP contribution in [0.2, 0.25) is 0 Å². The molecule has 2 rings (SSSR count). The predicted octanol–water partition coefficient (Wildman–Crippen LogP) is 1.81. The predicted molar refractivity (Wildman–Crippen MR) is 72.6 cm³/mol. The molecule has 0 aromatic heterocycles. The molecule has 0 aliphatic heterocycles. The number of hydrogen-bond acceptors (Lipinski definition) is 4. The van der Waals surface area contributed by atoms with E-state index in [2.05, 4.69) is 0 Å². The molecule has 1 aromatic carbocycles. The van der Waals surface area contributed by atoms with Gasteiger partial charge in [0.05, 0.1) is 0 Å². The summed E-state index contributed by atoms with van der Waals surface area (Å²) in [5.41, 5.74) is 3.49. The second-order valence-electron chi connectivity index (χ2n) is 5.35. The number of carbonyl (C=O) groups excluding carboxylic acids is 1. The van der Waals surface area contributed by atoms with Gasteiger partial charge < -0.3 is 15.6 Å². The van der Waals surface area contributed by atoms with E-state index in [0.29, 0.717) is 0 Å². The Morgan fingerprint density at radius 2 is 2.10 bits per heavy atom. The zero-order valence-corrected chi connectivity index (χ0v) is 11.6. The molecule has 1 fully saturated rings. The van der Waals surface area contributed by atoms with Gasteiger partial charge in [-0.05, 0) is 12.0 Å². The number of alkyl halides is 2. The highest BCUT2D eigenvalue weighted by Gasteiger charge is 2.54. The van der Waals surface area contributed by atoms with E-state index < -0.39 is 29.8 Å². The normalized spacial score (nSPS) is 23.5. The van der Waals surface area contributed by atoms with E-state index in [1.807, 2.05) is 0 Å². The first-order chi connectivity index (χ1) is 9.90. The average Bonchev–Trinajstić information content (AvgIpc) is 2.85. The van der Waals surface area contributed by atoms with Gasteiger partial charge >= 0.3 is 5.97 Å². The maximum absolute atomic E-state index is 13.5. The Balaban J connectivity index is 2.33. The molecule has 2 atom stereocenters. The van der Waals surface area contributed by atoms with Gasteiger partial charge in [0.2, 0.25) is 5.92 Å². The third-order valence-electron chi connectivity index (χ3n) is 3.87. The Morgan fingerprint density at radius 1 is 1.43 bits per heavy atom. The van der Waals surface area contributed by atoms with Crippen LogP contribution in [0.4, 0.5) is 8.78 Å². The molecule has 116 valence electrons. The minimum absolute atomic E-state index is 0.0584. The van der Waals surface area contributed by atoms with Crippen molar-refractivity contribution < 1.29 is 23.4 Å². The van der Waals surface area contributed by atoms with Crippen molar-refractivity contribution in [2.24, 2.45) is 11.7 Å². The highest BCUT2D eigenvalue weighted by atomic mass is 19.3. The number of rotatable bonds is 5.